The molecule has 2 heterocycles. The molecule has 0 aliphatic heterocycles. The van der Waals surface area contributed by atoms with Crippen molar-refractivity contribution in [3.05, 3.63) is 59.7 Å². The van der Waals surface area contributed by atoms with Crippen molar-refractivity contribution in [2.45, 2.75) is 36.6 Å². The molecule has 0 radical (unpaired) electrons. The molecule has 2 aromatic heterocycles. The largest absolute Gasteiger partial charge is 0.341 e. The van der Waals surface area contributed by atoms with Crippen molar-refractivity contribution in [1.82, 2.24) is 20.4 Å². The van der Waals surface area contributed by atoms with E-state index in [4.69, 9.17) is 4.52 Å². The summed E-state index contributed by atoms with van der Waals surface area (Å²) in [5.41, 5.74) is 2.08. The molecular formula is C20H20N4O4S. The Morgan fingerprint density at radius 2 is 2.03 bits per heavy atom. The van der Waals surface area contributed by atoms with Gasteiger partial charge in [0.15, 0.2) is 9.84 Å². The number of benzene rings is 1. The molecule has 1 aliphatic rings. The summed E-state index contributed by atoms with van der Waals surface area (Å²) in [5.74, 6) is 0.784. The number of sulfone groups is 1. The van der Waals surface area contributed by atoms with Gasteiger partial charge in [0.1, 0.15) is 6.04 Å². The molecule has 29 heavy (non-hydrogen) atoms. The molecule has 1 amide bonds. The van der Waals surface area contributed by atoms with E-state index in [0.717, 1.165) is 30.4 Å². The predicted molar refractivity (Wildman–Crippen MR) is 105 cm³/mol. The third-order valence-electron chi connectivity index (χ3n) is 4.72. The van der Waals surface area contributed by atoms with E-state index >= 15 is 0 Å². The summed E-state index contributed by atoms with van der Waals surface area (Å²) in [4.78, 5) is 21.4. The average molecular weight is 412 g/mol. The highest BCUT2D eigenvalue weighted by atomic mass is 32.2. The first-order chi connectivity index (χ1) is 13.8. The van der Waals surface area contributed by atoms with Crippen molar-refractivity contribution >= 4 is 15.7 Å². The third-order valence-corrected chi connectivity index (χ3v) is 5.83. The van der Waals surface area contributed by atoms with E-state index < -0.39 is 21.8 Å². The van der Waals surface area contributed by atoms with Gasteiger partial charge in [-0.15, -0.1) is 0 Å². The van der Waals surface area contributed by atoms with Crippen LogP contribution in [0, 0.1) is 0 Å². The molecule has 1 atom stereocenters. The second-order valence-corrected chi connectivity index (χ2v) is 9.21. The highest BCUT2D eigenvalue weighted by Gasteiger charge is 2.26. The number of aromatic nitrogens is 3. The summed E-state index contributed by atoms with van der Waals surface area (Å²) in [7, 11) is -3.40. The molecule has 0 unspecified atom stereocenters. The van der Waals surface area contributed by atoms with Crippen molar-refractivity contribution in [2.24, 2.45) is 0 Å². The first kappa shape index (κ1) is 19.3. The van der Waals surface area contributed by atoms with Crippen LogP contribution in [0.5, 0.6) is 0 Å². The van der Waals surface area contributed by atoms with E-state index in [1.807, 2.05) is 12.1 Å². The minimum absolute atomic E-state index is 0.0852. The lowest BCUT2D eigenvalue weighted by molar-refractivity contribution is 0.0932. The van der Waals surface area contributed by atoms with Gasteiger partial charge >= 0.3 is 0 Å². The van der Waals surface area contributed by atoms with E-state index in [1.54, 1.807) is 19.2 Å². The number of amides is 1. The number of carbonyl (C=O) groups excluding carboxylic acids is 1. The van der Waals surface area contributed by atoms with Gasteiger partial charge in [0.05, 0.1) is 4.90 Å². The number of rotatable bonds is 6. The lowest BCUT2D eigenvalue weighted by Crippen LogP contribution is -2.27. The van der Waals surface area contributed by atoms with Crippen LogP contribution in [-0.4, -0.2) is 35.7 Å². The van der Waals surface area contributed by atoms with Gasteiger partial charge < -0.3 is 9.84 Å². The number of nitrogens with zero attached hydrogens (tertiary/aromatic N) is 3. The van der Waals surface area contributed by atoms with Crippen LogP contribution < -0.4 is 5.32 Å². The van der Waals surface area contributed by atoms with E-state index in [2.05, 4.69) is 20.4 Å². The van der Waals surface area contributed by atoms with Crippen LogP contribution >= 0.6 is 0 Å². The van der Waals surface area contributed by atoms with E-state index in [-0.39, 0.29) is 16.3 Å². The minimum atomic E-state index is -3.40. The van der Waals surface area contributed by atoms with Crippen LogP contribution in [0.1, 0.15) is 53.7 Å². The molecule has 1 fully saturated rings. The Hall–Kier alpha value is -3.07. The molecule has 1 saturated carbocycles. The number of hydrogen-bond donors (Lipinski definition) is 1. The fourth-order valence-corrected chi connectivity index (χ4v) is 3.59. The van der Waals surface area contributed by atoms with Gasteiger partial charge in [0, 0.05) is 35.2 Å². The average Bonchev–Trinajstić information content (AvgIpc) is 3.43. The number of carbonyl (C=O) groups is 1. The zero-order chi connectivity index (χ0) is 20.6. The van der Waals surface area contributed by atoms with Crippen molar-refractivity contribution in [2.75, 3.05) is 6.26 Å². The quantitative estimate of drug-likeness (QED) is 0.662. The van der Waals surface area contributed by atoms with Crippen LogP contribution in [0.2, 0.25) is 0 Å². The molecule has 150 valence electrons. The highest BCUT2D eigenvalue weighted by Crippen LogP contribution is 2.39. The van der Waals surface area contributed by atoms with Gasteiger partial charge in [-0.2, -0.15) is 4.98 Å². The van der Waals surface area contributed by atoms with Gasteiger partial charge in [0.2, 0.25) is 11.7 Å². The van der Waals surface area contributed by atoms with Crippen LogP contribution in [0.25, 0.3) is 11.4 Å². The van der Waals surface area contributed by atoms with Crippen LogP contribution in [0.4, 0.5) is 0 Å². The summed E-state index contributed by atoms with van der Waals surface area (Å²) in [6.45, 7) is 1.72. The smallest absolute Gasteiger partial charge is 0.251 e. The Kier molecular flexibility index (Phi) is 4.91. The Balaban J connectivity index is 1.49. The van der Waals surface area contributed by atoms with Crippen LogP contribution in [0.3, 0.4) is 0 Å². The van der Waals surface area contributed by atoms with Gasteiger partial charge in [-0.05, 0) is 50.1 Å². The predicted octanol–water partition coefficient (Wildman–Crippen LogP) is 2.90. The van der Waals surface area contributed by atoms with E-state index in [1.165, 1.54) is 18.2 Å². The first-order valence-electron chi connectivity index (χ1n) is 9.22. The van der Waals surface area contributed by atoms with Crippen molar-refractivity contribution < 1.29 is 17.7 Å². The fourth-order valence-electron chi connectivity index (χ4n) is 2.93. The molecule has 0 saturated heterocycles. The Morgan fingerprint density at radius 3 is 2.76 bits per heavy atom. The number of hydrogen-bond acceptors (Lipinski definition) is 7. The Bertz CT molecular complexity index is 1170. The maximum atomic E-state index is 12.5. The summed E-state index contributed by atoms with van der Waals surface area (Å²) in [5, 5.41) is 6.76. The van der Waals surface area contributed by atoms with Crippen molar-refractivity contribution in [3.8, 4) is 11.4 Å². The second-order valence-electron chi connectivity index (χ2n) is 7.20. The zero-order valence-electron chi connectivity index (χ0n) is 16.0. The maximum absolute atomic E-state index is 12.5. The topological polar surface area (TPSA) is 115 Å². The number of nitrogens with one attached hydrogen (secondary N) is 1. The molecule has 1 aromatic carbocycles. The minimum Gasteiger partial charge on any atom is -0.341 e. The molecule has 1 N–H and O–H groups in total. The van der Waals surface area contributed by atoms with Gasteiger partial charge in [-0.1, -0.05) is 11.2 Å². The molecular weight excluding hydrogens is 392 g/mol. The first-order valence-corrected chi connectivity index (χ1v) is 11.1. The third kappa shape index (κ3) is 4.34. The highest BCUT2D eigenvalue weighted by molar-refractivity contribution is 7.90. The van der Waals surface area contributed by atoms with E-state index in [0.29, 0.717) is 11.7 Å². The molecule has 1 aliphatic carbocycles. The standard InChI is InChI=1S/C20H20N4O4S/c1-12(22-19(25)15-4-3-5-16(10-15)29(2,26)27)20-23-18(24-28-20)14-8-9-21-17(11-14)13-6-7-13/h3-5,8-13H,6-7H2,1-2H3,(H,22,25)/t12-/m0/s1. The zero-order valence-corrected chi connectivity index (χ0v) is 16.8. The molecule has 9 heteroatoms. The number of pyridine rings is 1. The SMILES string of the molecule is C[C@H](NC(=O)c1cccc(S(C)(=O)=O)c1)c1nc(-c2ccnc(C3CC3)c2)no1. The fraction of sp³-hybridized carbons (Fsp3) is 0.300. The van der Waals surface area contributed by atoms with Crippen LogP contribution in [0.15, 0.2) is 52.0 Å². The molecule has 0 bridgehead atoms. The lowest BCUT2D eigenvalue weighted by atomic mass is 10.1. The molecule has 3 aromatic rings. The van der Waals surface area contributed by atoms with Gasteiger partial charge in [0.25, 0.3) is 5.91 Å². The van der Waals surface area contributed by atoms with Crippen molar-refractivity contribution in [3.63, 3.8) is 0 Å². The Morgan fingerprint density at radius 1 is 1.24 bits per heavy atom. The maximum Gasteiger partial charge on any atom is 0.251 e. The summed E-state index contributed by atoms with van der Waals surface area (Å²) >= 11 is 0. The molecule has 4 rings (SSSR count). The summed E-state index contributed by atoms with van der Waals surface area (Å²) in [6, 6.07) is 9.10. The van der Waals surface area contributed by atoms with Crippen LogP contribution in [-0.2, 0) is 9.84 Å². The normalized spacial score (nSPS) is 15.1. The lowest BCUT2D eigenvalue weighted by Gasteiger charge is -2.10. The second kappa shape index (κ2) is 7.40. The Labute approximate surface area is 168 Å². The summed E-state index contributed by atoms with van der Waals surface area (Å²) < 4.78 is 28.7. The monoisotopic (exact) mass is 412 g/mol. The molecule has 0 spiro atoms. The molecule has 8 nitrogen and oxygen atoms in total. The van der Waals surface area contributed by atoms with Gasteiger partial charge in [-0.25, -0.2) is 8.42 Å². The van der Waals surface area contributed by atoms with Crippen molar-refractivity contribution in [1.29, 1.82) is 0 Å². The summed E-state index contributed by atoms with van der Waals surface area (Å²) in [6.07, 6.45) is 5.13. The van der Waals surface area contributed by atoms with E-state index in [9.17, 15) is 13.2 Å². The van der Waals surface area contributed by atoms with Gasteiger partial charge in [-0.3, -0.25) is 9.78 Å².